The van der Waals surface area contributed by atoms with Crippen LogP contribution in [0.25, 0.3) is 0 Å². The molecule has 0 aliphatic carbocycles. The molecule has 1 aromatic heterocycles. The van der Waals surface area contributed by atoms with Gasteiger partial charge >= 0.3 is 0 Å². The number of hydrogen-bond donors (Lipinski definition) is 3. The van der Waals surface area contributed by atoms with Gasteiger partial charge in [-0.15, -0.1) is 11.3 Å². The highest BCUT2D eigenvalue weighted by Gasteiger charge is 2.12. The summed E-state index contributed by atoms with van der Waals surface area (Å²) in [6, 6.07) is 4.71. The van der Waals surface area contributed by atoms with Crippen LogP contribution in [0.15, 0.2) is 18.2 Å². The maximum Gasteiger partial charge on any atom is 0.264 e. The largest absolute Gasteiger partial charge is 0.482 e. The van der Waals surface area contributed by atoms with E-state index in [-0.39, 0.29) is 24.5 Å². The molecule has 3 N–H and O–H groups in total. The van der Waals surface area contributed by atoms with Crippen molar-refractivity contribution in [1.29, 1.82) is 0 Å². The number of carbonyl (C=O) groups is 1. The molecule has 2 aromatic rings. The van der Waals surface area contributed by atoms with Crippen molar-refractivity contribution in [1.82, 2.24) is 10.4 Å². The molecule has 0 atom stereocenters. The fraction of sp³-hybridized carbons (Fsp3) is 0.286. The first-order chi connectivity index (χ1) is 11.8. The molecule has 11 heteroatoms. The molecule has 2 rings (SSSR count). The normalized spacial score (nSPS) is 11.0. The van der Waals surface area contributed by atoms with Crippen LogP contribution in [-0.2, 0) is 16.1 Å². The number of anilines is 1. The maximum absolute atomic E-state index is 12.0. The van der Waals surface area contributed by atoms with Gasteiger partial charge in [0.25, 0.3) is 5.91 Å². The Hall–Kier alpha value is -1.46. The van der Waals surface area contributed by atoms with Crippen molar-refractivity contribution in [2.24, 2.45) is 0 Å². The summed E-state index contributed by atoms with van der Waals surface area (Å²) < 4.78 is 5.35. The molecular formula is C14H15Cl2N3O5S. The lowest BCUT2D eigenvalue weighted by Crippen LogP contribution is -2.20. The predicted molar refractivity (Wildman–Crippen MR) is 92.5 cm³/mol. The van der Waals surface area contributed by atoms with Crippen LogP contribution in [0.2, 0.25) is 10.0 Å². The average molecular weight is 408 g/mol. The predicted octanol–water partition coefficient (Wildman–Crippen LogP) is 3.33. The molecule has 0 unspecified atom stereocenters. The van der Waals surface area contributed by atoms with Gasteiger partial charge in [0.1, 0.15) is 5.75 Å². The summed E-state index contributed by atoms with van der Waals surface area (Å²) in [5.41, 5.74) is 0.716. The molecule has 1 amide bonds. The van der Waals surface area contributed by atoms with Crippen LogP contribution >= 0.6 is 34.5 Å². The first-order valence-electron chi connectivity index (χ1n) is 7.00. The van der Waals surface area contributed by atoms with Crippen molar-refractivity contribution in [3.8, 4) is 5.75 Å². The summed E-state index contributed by atoms with van der Waals surface area (Å²) in [6.45, 7) is 1.60. The molecule has 0 radical (unpaired) electrons. The van der Waals surface area contributed by atoms with Crippen LogP contribution in [0.4, 0.5) is 5.13 Å². The van der Waals surface area contributed by atoms with E-state index in [1.165, 1.54) is 17.4 Å². The highest BCUT2D eigenvalue weighted by molar-refractivity contribution is 7.15. The molecule has 136 valence electrons. The molecule has 0 saturated heterocycles. The number of nitrogens with zero attached hydrogens (tertiary/aromatic N) is 2. The number of hydrogen-bond acceptors (Lipinski definition) is 8. The molecule has 0 aliphatic rings. The molecule has 0 spiro atoms. The maximum atomic E-state index is 12.0. The molecule has 1 heterocycles. The van der Waals surface area contributed by atoms with Gasteiger partial charge < -0.3 is 4.74 Å². The number of thiazole rings is 1. The second-order valence-corrected chi connectivity index (χ2v) is 6.70. The lowest BCUT2D eigenvalue weighted by atomic mass is 10.3. The van der Waals surface area contributed by atoms with E-state index in [0.717, 1.165) is 4.88 Å². The third kappa shape index (κ3) is 6.40. The van der Waals surface area contributed by atoms with Crippen LogP contribution in [0.5, 0.6) is 5.75 Å². The van der Waals surface area contributed by atoms with Gasteiger partial charge in [0.05, 0.1) is 22.7 Å². The van der Waals surface area contributed by atoms with E-state index in [2.05, 4.69) is 15.1 Å². The van der Waals surface area contributed by atoms with E-state index >= 15 is 0 Å². The molecule has 0 bridgehead atoms. The Kier molecular flexibility index (Phi) is 7.38. The van der Waals surface area contributed by atoms with Gasteiger partial charge in [0.15, 0.2) is 11.7 Å². The molecule has 25 heavy (non-hydrogen) atoms. The highest BCUT2D eigenvalue weighted by Crippen LogP contribution is 2.27. The van der Waals surface area contributed by atoms with Crippen LogP contribution in [0, 0.1) is 6.92 Å². The first-order valence-corrected chi connectivity index (χ1v) is 8.57. The van der Waals surface area contributed by atoms with Crippen molar-refractivity contribution in [2.75, 3.05) is 18.5 Å². The van der Waals surface area contributed by atoms with Crippen molar-refractivity contribution in [3.05, 3.63) is 38.8 Å². The van der Waals surface area contributed by atoms with Crippen molar-refractivity contribution in [2.45, 2.75) is 13.3 Å². The third-order valence-corrected chi connectivity index (χ3v) is 4.59. The van der Waals surface area contributed by atoms with E-state index in [4.69, 9.17) is 38.4 Å². The van der Waals surface area contributed by atoms with Crippen molar-refractivity contribution < 1.29 is 24.8 Å². The Bertz CT molecular complexity index is 741. The van der Waals surface area contributed by atoms with Gasteiger partial charge in [0.2, 0.25) is 0 Å². The molecule has 0 saturated carbocycles. The second-order valence-electron chi connectivity index (χ2n) is 4.78. The van der Waals surface area contributed by atoms with Crippen LogP contribution in [0.1, 0.15) is 10.6 Å². The molecule has 8 nitrogen and oxygen atoms in total. The summed E-state index contributed by atoms with van der Waals surface area (Å²) in [6.07, 6.45) is 0.411. The number of amides is 1. The van der Waals surface area contributed by atoms with E-state index < -0.39 is 0 Å². The Morgan fingerprint density at radius 3 is 2.84 bits per heavy atom. The van der Waals surface area contributed by atoms with Crippen LogP contribution < -0.4 is 10.1 Å². The van der Waals surface area contributed by atoms with Crippen molar-refractivity contribution in [3.63, 3.8) is 0 Å². The second kappa shape index (κ2) is 9.30. The zero-order valence-corrected chi connectivity index (χ0v) is 15.4. The number of benzene rings is 1. The first kappa shape index (κ1) is 19.9. The quantitative estimate of drug-likeness (QED) is 0.576. The molecular weight excluding hydrogens is 393 g/mol. The highest BCUT2D eigenvalue weighted by atomic mass is 35.5. The molecule has 1 aromatic carbocycles. The minimum Gasteiger partial charge on any atom is -0.482 e. The lowest BCUT2D eigenvalue weighted by Gasteiger charge is -2.07. The Morgan fingerprint density at radius 1 is 1.40 bits per heavy atom. The number of aryl methyl sites for hydroxylation is 1. The Balaban J connectivity index is 1.86. The number of aromatic nitrogens is 1. The lowest BCUT2D eigenvalue weighted by molar-refractivity contribution is -0.492. The topological polar surface area (TPSA) is 104 Å². The number of halogens is 2. The SMILES string of the molecule is Cc1nc(NC(=O)COc2ccc(Cl)cc2Cl)sc1CCON(O)O. The summed E-state index contributed by atoms with van der Waals surface area (Å²) in [4.78, 5) is 21.5. The fourth-order valence-corrected chi connectivity index (χ4v) is 3.25. The van der Waals surface area contributed by atoms with Gasteiger partial charge in [-0.25, -0.2) is 4.98 Å². The number of ether oxygens (including phenoxy) is 1. The summed E-state index contributed by atoms with van der Waals surface area (Å²) in [5, 5.41) is 20.4. The number of nitrogens with one attached hydrogen (secondary N) is 1. The summed E-state index contributed by atoms with van der Waals surface area (Å²) in [5.74, 6) is -0.0357. The van der Waals surface area contributed by atoms with E-state index in [9.17, 15) is 4.79 Å². The van der Waals surface area contributed by atoms with Crippen molar-refractivity contribution >= 4 is 45.6 Å². The zero-order valence-electron chi connectivity index (χ0n) is 13.0. The van der Waals surface area contributed by atoms with Gasteiger partial charge in [-0.1, -0.05) is 23.2 Å². The van der Waals surface area contributed by atoms with E-state index in [1.54, 1.807) is 19.1 Å². The van der Waals surface area contributed by atoms with E-state index in [1.807, 2.05) is 0 Å². The number of carbonyl (C=O) groups excluding carboxylic acids is 1. The van der Waals surface area contributed by atoms with Gasteiger partial charge in [0, 0.05) is 16.3 Å². The Morgan fingerprint density at radius 2 is 2.16 bits per heavy atom. The summed E-state index contributed by atoms with van der Waals surface area (Å²) >= 11 is 13.0. The zero-order chi connectivity index (χ0) is 18.4. The van der Waals surface area contributed by atoms with E-state index in [0.29, 0.717) is 33.0 Å². The van der Waals surface area contributed by atoms with Gasteiger partial charge in [-0.2, -0.15) is 0 Å². The summed E-state index contributed by atoms with van der Waals surface area (Å²) in [7, 11) is 0. The minimum absolute atomic E-state index is 0.0571. The fourth-order valence-electron chi connectivity index (χ4n) is 1.82. The molecule has 0 aliphatic heterocycles. The minimum atomic E-state index is -0.389. The van der Waals surface area contributed by atoms with Gasteiger partial charge in [-0.05, 0) is 25.1 Å². The monoisotopic (exact) mass is 407 g/mol. The van der Waals surface area contributed by atoms with Gasteiger partial charge in [-0.3, -0.25) is 25.4 Å². The number of rotatable bonds is 8. The smallest absolute Gasteiger partial charge is 0.264 e. The van der Waals surface area contributed by atoms with Crippen LogP contribution in [0.3, 0.4) is 0 Å². The third-order valence-electron chi connectivity index (χ3n) is 2.93. The Labute approximate surface area is 157 Å². The standard InChI is InChI=1S/C14H15Cl2N3O5S/c1-8-12(4-5-24-19(21)22)25-14(17-8)18-13(20)7-23-11-3-2-9(15)6-10(11)16/h2-3,6,21-22H,4-5,7H2,1H3,(H,17,18,20). The average Bonchev–Trinajstić information content (AvgIpc) is 2.85. The van der Waals surface area contributed by atoms with Crippen LogP contribution in [-0.4, -0.2) is 39.9 Å². The molecule has 0 fully saturated rings.